The van der Waals surface area contributed by atoms with Crippen LogP contribution in [0.25, 0.3) is 0 Å². The summed E-state index contributed by atoms with van der Waals surface area (Å²) < 4.78 is 10.0. The molecule has 0 aliphatic rings. The van der Waals surface area contributed by atoms with Crippen molar-refractivity contribution >= 4 is 7.80 Å². The summed E-state index contributed by atoms with van der Waals surface area (Å²) in [6.07, 6.45) is 0.440. The molecule has 1 N–H and O–H groups in total. The van der Waals surface area contributed by atoms with Crippen molar-refractivity contribution < 1.29 is 9.67 Å². The molecule has 0 aromatic rings. The third-order valence-electron chi connectivity index (χ3n) is 0.415. The average molecular weight is 107 g/mol. The summed E-state index contributed by atoms with van der Waals surface area (Å²) in [6.45, 7) is 1.65. The Morgan fingerprint density at radius 2 is 2.33 bits per heavy atom. The van der Waals surface area contributed by atoms with Gasteiger partial charge in [0, 0.05) is 0 Å². The van der Waals surface area contributed by atoms with E-state index in [-0.39, 0.29) is 6.61 Å². The summed E-state index contributed by atoms with van der Waals surface area (Å²) in [5.41, 5.74) is 0. The molecule has 0 radical (unpaired) electrons. The second kappa shape index (κ2) is 3.26. The van der Waals surface area contributed by atoms with Crippen molar-refractivity contribution in [1.82, 2.24) is 0 Å². The molecule has 6 heavy (non-hydrogen) atoms. The van der Waals surface area contributed by atoms with Gasteiger partial charge in [0.1, 0.15) is 6.66 Å². The van der Waals surface area contributed by atoms with Gasteiger partial charge in [-0.1, -0.05) is 4.57 Å². The lowest BCUT2D eigenvalue weighted by Crippen LogP contribution is -1.81. The van der Waals surface area contributed by atoms with Gasteiger partial charge in [-0.3, -0.25) is 0 Å². The minimum atomic E-state index is -1.10. The van der Waals surface area contributed by atoms with Gasteiger partial charge in [0.2, 0.25) is 0 Å². The fraction of sp³-hybridized carbons (Fsp3) is 1.00. The maximum Gasteiger partial charge on any atom is 0.337 e. The van der Waals surface area contributed by atoms with E-state index in [9.17, 15) is 4.57 Å². The first-order chi connectivity index (χ1) is 2.77. The van der Waals surface area contributed by atoms with E-state index < -0.39 is 7.80 Å². The van der Waals surface area contributed by atoms with E-state index in [1.165, 1.54) is 0 Å². The molecule has 0 saturated heterocycles. The fourth-order valence-electron chi connectivity index (χ4n) is 0.141. The Hall–Kier alpha value is 0.0600. The average Bonchev–Trinajstić information content (AvgIpc) is 1.35. The van der Waals surface area contributed by atoms with E-state index in [4.69, 9.17) is 5.11 Å². The molecular weight excluding hydrogens is 99.0 g/mol. The SMILES string of the molecule is C[P+](=O)CCO. The lowest BCUT2D eigenvalue weighted by atomic mass is 10.9. The molecule has 0 saturated carbocycles. The predicted molar refractivity (Wildman–Crippen MR) is 25.5 cm³/mol. The molecule has 0 amide bonds. The van der Waals surface area contributed by atoms with Crippen molar-refractivity contribution in [3.05, 3.63) is 0 Å². The number of aliphatic hydroxyl groups is 1. The van der Waals surface area contributed by atoms with Crippen molar-refractivity contribution in [2.24, 2.45) is 0 Å². The van der Waals surface area contributed by atoms with Crippen molar-refractivity contribution in [3.8, 4) is 0 Å². The van der Waals surface area contributed by atoms with Crippen LogP contribution in [0, 0.1) is 0 Å². The Kier molecular flexibility index (Phi) is 3.29. The Balaban J connectivity index is 2.83. The second-order valence-corrected chi connectivity index (χ2v) is 2.78. The zero-order valence-corrected chi connectivity index (χ0v) is 4.61. The van der Waals surface area contributed by atoms with Crippen LogP contribution < -0.4 is 0 Å². The maximum atomic E-state index is 10.0. The molecule has 0 fully saturated rings. The minimum Gasteiger partial charge on any atom is -0.392 e. The first-order valence-corrected chi connectivity index (χ1v) is 3.65. The van der Waals surface area contributed by atoms with E-state index in [0.29, 0.717) is 6.16 Å². The van der Waals surface area contributed by atoms with Crippen LogP contribution >= 0.6 is 7.80 Å². The van der Waals surface area contributed by atoms with E-state index in [1.54, 1.807) is 6.66 Å². The van der Waals surface area contributed by atoms with Crippen LogP contribution in [-0.2, 0) is 4.57 Å². The van der Waals surface area contributed by atoms with Crippen LogP contribution in [0.15, 0.2) is 0 Å². The molecule has 0 aromatic heterocycles. The van der Waals surface area contributed by atoms with Crippen LogP contribution in [-0.4, -0.2) is 24.5 Å². The monoisotopic (exact) mass is 107 g/mol. The van der Waals surface area contributed by atoms with E-state index in [2.05, 4.69) is 0 Å². The minimum absolute atomic E-state index is 0.0473. The maximum absolute atomic E-state index is 10.0. The number of hydrogen-bond donors (Lipinski definition) is 1. The lowest BCUT2D eigenvalue weighted by Gasteiger charge is -1.69. The quantitative estimate of drug-likeness (QED) is 0.520. The highest BCUT2D eigenvalue weighted by molar-refractivity contribution is 7.43. The van der Waals surface area contributed by atoms with Crippen molar-refractivity contribution in [2.45, 2.75) is 0 Å². The second-order valence-electron chi connectivity index (χ2n) is 1.08. The number of aliphatic hydroxyl groups excluding tert-OH is 1. The van der Waals surface area contributed by atoms with Gasteiger partial charge in [-0.25, -0.2) is 0 Å². The van der Waals surface area contributed by atoms with Gasteiger partial charge in [-0.2, -0.15) is 0 Å². The van der Waals surface area contributed by atoms with Gasteiger partial charge < -0.3 is 5.11 Å². The third-order valence-corrected chi connectivity index (χ3v) is 1.24. The molecule has 1 unspecified atom stereocenters. The highest BCUT2D eigenvalue weighted by atomic mass is 31.1. The molecule has 0 aromatic carbocycles. The standard InChI is InChI=1S/C3H8O2P/c1-6(5)3-2-4/h4H,2-3H2,1H3/q+1. The summed E-state index contributed by atoms with van der Waals surface area (Å²) in [6, 6.07) is 0. The topological polar surface area (TPSA) is 37.3 Å². The zero-order valence-electron chi connectivity index (χ0n) is 3.72. The van der Waals surface area contributed by atoms with Crippen LogP contribution in [0.5, 0.6) is 0 Å². The van der Waals surface area contributed by atoms with Gasteiger partial charge in [-0.15, -0.1) is 0 Å². The largest absolute Gasteiger partial charge is 0.392 e. The molecule has 3 heteroatoms. The highest BCUT2D eigenvalue weighted by Gasteiger charge is 1.99. The van der Waals surface area contributed by atoms with Gasteiger partial charge in [-0.05, 0) is 0 Å². The van der Waals surface area contributed by atoms with Gasteiger partial charge in [0.25, 0.3) is 0 Å². The van der Waals surface area contributed by atoms with E-state index in [0.717, 1.165) is 0 Å². The van der Waals surface area contributed by atoms with E-state index >= 15 is 0 Å². The lowest BCUT2D eigenvalue weighted by molar-refractivity contribution is 0.320. The smallest absolute Gasteiger partial charge is 0.337 e. The Bertz CT molecular complexity index is 52.8. The van der Waals surface area contributed by atoms with Gasteiger partial charge >= 0.3 is 7.80 Å². The normalized spacial score (nSPS) is 11.3. The first-order valence-electron chi connectivity index (χ1n) is 1.76. The van der Waals surface area contributed by atoms with Crippen LogP contribution in [0.1, 0.15) is 0 Å². The molecule has 0 aliphatic heterocycles. The molecule has 2 nitrogen and oxygen atoms in total. The molecule has 0 spiro atoms. The van der Waals surface area contributed by atoms with Crippen LogP contribution in [0.2, 0.25) is 0 Å². The van der Waals surface area contributed by atoms with Crippen LogP contribution in [0.4, 0.5) is 0 Å². The van der Waals surface area contributed by atoms with E-state index in [1.807, 2.05) is 0 Å². The Morgan fingerprint density at radius 3 is 2.33 bits per heavy atom. The fourth-order valence-corrected chi connectivity index (χ4v) is 0.422. The molecule has 0 bridgehead atoms. The molecule has 1 atom stereocenters. The molecule has 0 rings (SSSR count). The summed E-state index contributed by atoms with van der Waals surface area (Å²) in [4.78, 5) is 0. The first kappa shape index (κ1) is 6.06. The molecule has 0 aliphatic carbocycles. The molecular formula is C3H8O2P+. The van der Waals surface area contributed by atoms with Gasteiger partial charge in [0.15, 0.2) is 6.16 Å². The number of hydrogen-bond acceptors (Lipinski definition) is 2. The molecule has 36 valence electrons. The third kappa shape index (κ3) is 4.06. The summed E-state index contributed by atoms with van der Waals surface area (Å²) in [7, 11) is -1.10. The molecule has 0 heterocycles. The summed E-state index contributed by atoms with van der Waals surface area (Å²) in [5.74, 6) is 0. The summed E-state index contributed by atoms with van der Waals surface area (Å²) in [5, 5.41) is 8.05. The highest BCUT2D eigenvalue weighted by Crippen LogP contribution is 2.09. The van der Waals surface area contributed by atoms with Gasteiger partial charge in [0.05, 0.1) is 6.61 Å². The Morgan fingerprint density at radius 1 is 1.83 bits per heavy atom. The summed E-state index contributed by atoms with van der Waals surface area (Å²) >= 11 is 0. The zero-order chi connectivity index (χ0) is 4.99. The Labute approximate surface area is 38.0 Å². The predicted octanol–water partition coefficient (Wildman–Crippen LogP) is 0.436. The van der Waals surface area contributed by atoms with Crippen molar-refractivity contribution in [3.63, 3.8) is 0 Å². The number of rotatable bonds is 2. The van der Waals surface area contributed by atoms with Crippen LogP contribution in [0.3, 0.4) is 0 Å². The van der Waals surface area contributed by atoms with Crippen molar-refractivity contribution in [1.29, 1.82) is 0 Å². The van der Waals surface area contributed by atoms with Crippen molar-refractivity contribution in [2.75, 3.05) is 19.4 Å².